The molecule has 0 spiro atoms. The second-order valence-corrected chi connectivity index (χ2v) is 11.0. The number of benzene rings is 1. The van der Waals surface area contributed by atoms with Crippen molar-refractivity contribution in [1.29, 1.82) is 0 Å². The molecular weight excluding hydrogens is 541 g/mol. The average Bonchev–Trinajstić information content (AvgIpc) is 3.08. The van der Waals surface area contributed by atoms with Gasteiger partial charge in [-0.25, -0.2) is 9.36 Å². The van der Waals surface area contributed by atoms with E-state index >= 15 is 0 Å². The summed E-state index contributed by atoms with van der Waals surface area (Å²) in [6, 6.07) is 8.10. The minimum Gasteiger partial charge on any atom is -0.462 e. The largest absolute Gasteiger partial charge is 0.462 e. The van der Waals surface area contributed by atoms with Crippen LogP contribution in [0, 0.1) is 11.8 Å². The minimum atomic E-state index is -4.28. The van der Waals surface area contributed by atoms with E-state index in [0.29, 0.717) is 0 Å². The molecule has 1 aliphatic heterocycles. The molecular formula is C24H29ClN3O9P. The van der Waals surface area contributed by atoms with Crippen LogP contribution in [-0.4, -0.2) is 56.5 Å². The standard InChI is InChI=1S/C24H29ClN3O9P/c1-5-12-24(25)20(30)18(36-22(24)28-13-11-19(29)26-23(28)32)14-34-38(33,37-17-9-7-6-8-10-17)27-16(4)21(31)35-15(2)3/h6-11,13,15-16,18,20,22,30H,14H2,1-4H3,(H,27,33)(H,26,29,32)/t16-,18+,20?,22+,24+,38?/m0/s1. The Hall–Kier alpha value is -2.91. The third kappa shape index (κ3) is 6.94. The molecule has 2 heterocycles. The summed E-state index contributed by atoms with van der Waals surface area (Å²) in [5, 5.41) is 13.6. The summed E-state index contributed by atoms with van der Waals surface area (Å²) in [6.45, 7) is 5.70. The highest BCUT2D eigenvalue weighted by Gasteiger charge is 2.56. The predicted molar refractivity (Wildman–Crippen MR) is 138 cm³/mol. The lowest BCUT2D eigenvalue weighted by Crippen LogP contribution is -2.44. The smallest absolute Gasteiger partial charge is 0.459 e. The normalized spacial score (nSPS) is 25.2. The number of ether oxygens (including phenoxy) is 2. The van der Waals surface area contributed by atoms with E-state index < -0.39 is 67.0 Å². The predicted octanol–water partition coefficient (Wildman–Crippen LogP) is 1.93. The Labute approximate surface area is 223 Å². The van der Waals surface area contributed by atoms with Gasteiger partial charge in [-0.1, -0.05) is 35.7 Å². The van der Waals surface area contributed by atoms with Crippen molar-refractivity contribution >= 4 is 25.3 Å². The van der Waals surface area contributed by atoms with Crippen LogP contribution in [0.3, 0.4) is 0 Å². The van der Waals surface area contributed by atoms with Crippen molar-refractivity contribution in [3.05, 3.63) is 63.4 Å². The van der Waals surface area contributed by atoms with E-state index in [1.54, 1.807) is 32.0 Å². The van der Waals surface area contributed by atoms with Gasteiger partial charge in [-0.3, -0.25) is 23.7 Å². The Morgan fingerprint density at radius 2 is 1.97 bits per heavy atom. The molecule has 1 aromatic carbocycles. The van der Waals surface area contributed by atoms with Crippen LogP contribution in [0.1, 0.15) is 33.9 Å². The third-order valence-electron chi connectivity index (χ3n) is 5.30. The number of para-hydroxylation sites is 1. The number of aromatic amines is 1. The summed E-state index contributed by atoms with van der Waals surface area (Å²) < 4.78 is 36.9. The summed E-state index contributed by atoms with van der Waals surface area (Å²) in [6.07, 6.45) is -3.37. The Kier molecular flexibility index (Phi) is 9.59. The van der Waals surface area contributed by atoms with Gasteiger partial charge < -0.3 is 19.1 Å². The third-order valence-corrected chi connectivity index (χ3v) is 7.45. The van der Waals surface area contributed by atoms with Crippen LogP contribution in [0.2, 0.25) is 0 Å². The molecule has 1 saturated heterocycles. The highest BCUT2D eigenvalue weighted by atomic mass is 35.5. The Morgan fingerprint density at radius 1 is 1.29 bits per heavy atom. The molecule has 0 bridgehead atoms. The molecule has 14 heteroatoms. The van der Waals surface area contributed by atoms with Crippen LogP contribution < -0.4 is 20.9 Å². The zero-order valence-electron chi connectivity index (χ0n) is 21.1. The Bertz CT molecular complexity index is 1350. The van der Waals surface area contributed by atoms with Crippen molar-refractivity contribution in [3.8, 4) is 17.6 Å². The van der Waals surface area contributed by atoms with Crippen molar-refractivity contribution in [2.75, 3.05) is 6.61 Å². The van der Waals surface area contributed by atoms with Crippen molar-refractivity contribution in [2.45, 2.75) is 63.2 Å². The number of aliphatic hydroxyl groups excluding tert-OH is 1. The van der Waals surface area contributed by atoms with E-state index in [0.717, 1.165) is 16.8 Å². The monoisotopic (exact) mass is 569 g/mol. The maximum Gasteiger partial charge on any atom is 0.459 e. The number of rotatable bonds is 10. The van der Waals surface area contributed by atoms with Crippen molar-refractivity contribution in [1.82, 2.24) is 14.6 Å². The zero-order chi connectivity index (χ0) is 28.1. The van der Waals surface area contributed by atoms with Gasteiger partial charge in [0.25, 0.3) is 5.56 Å². The topological polar surface area (TPSA) is 158 Å². The van der Waals surface area contributed by atoms with Crippen LogP contribution in [0.15, 0.2) is 52.2 Å². The molecule has 2 aromatic rings. The highest BCUT2D eigenvalue weighted by Crippen LogP contribution is 2.48. The SMILES string of the molecule is CC#C[C@@]1(Cl)C(O)[C@@H](COP(=O)(N[C@@H](C)C(=O)OC(C)C)Oc2ccccc2)O[C@H]1n1ccc(=O)[nH]c1=O. The van der Waals surface area contributed by atoms with Gasteiger partial charge in [0.05, 0.1) is 12.7 Å². The first kappa shape index (κ1) is 29.6. The lowest BCUT2D eigenvalue weighted by atomic mass is 9.99. The van der Waals surface area contributed by atoms with E-state index in [1.807, 2.05) is 0 Å². The molecule has 0 radical (unpaired) electrons. The van der Waals surface area contributed by atoms with Gasteiger partial charge in [-0.2, -0.15) is 5.09 Å². The number of aliphatic hydroxyl groups is 1. The molecule has 3 rings (SSSR count). The van der Waals surface area contributed by atoms with E-state index in [9.17, 15) is 24.1 Å². The first-order chi connectivity index (χ1) is 17.9. The molecule has 3 N–H and O–H groups in total. The number of nitrogens with one attached hydrogen (secondary N) is 2. The van der Waals surface area contributed by atoms with Gasteiger partial charge in [-0.05, 0) is 39.8 Å². The zero-order valence-corrected chi connectivity index (χ0v) is 22.8. The quantitative estimate of drug-likeness (QED) is 0.167. The van der Waals surface area contributed by atoms with Crippen LogP contribution in [0.4, 0.5) is 0 Å². The van der Waals surface area contributed by atoms with E-state index in [4.69, 9.17) is 30.1 Å². The number of aromatic nitrogens is 2. The molecule has 0 amide bonds. The highest BCUT2D eigenvalue weighted by molar-refractivity contribution is 7.52. The Morgan fingerprint density at radius 3 is 2.58 bits per heavy atom. The summed E-state index contributed by atoms with van der Waals surface area (Å²) in [7, 11) is -4.28. The summed E-state index contributed by atoms with van der Waals surface area (Å²) in [4.78, 5) is 36.5. The van der Waals surface area contributed by atoms with Crippen LogP contribution in [0.25, 0.3) is 0 Å². The summed E-state index contributed by atoms with van der Waals surface area (Å²) in [5.74, 6) is 4.74. The number of nitrogens with zero attached hydrogens (tertiary/aromatic N) is 1. The number of carbonyl (C=O) groups excluding carboxylic acids is 1. The van der Waals surface area contributed by atoms with Crippen LogP contribution in [0.5, 0.6) is 5.75 Å². The Balaban J connectivity index is 1.86. The van der Waals surface area contributed by atoms with Crippen molar-refractivity contribution in [3.63, 3.8) is 0 Å². The molecule has 1 aliphatic rings. The lowest BCUT2D eigenvalue weighted by Gasteiger charge is -2.26. The molecule has 1 aromatic heterocycles. The minimum absolute atomic E-state index is 0.182. The van der Waals surface area contributed by atoms with Gasteiger partial charge in [0.2, 0.25) is 0 Å². The second kappa shape index (κ2) is 12.3. The second-order valence-electron chi connectivity index (χ2n) is 8.67. The molecule has 38 heavy (non-hydrogen) atoms. The van der Waals surface area contributed by atoms with Crippen molar-refractivity contribution in [2.24, 2.45) is 0 Å². The fourth-order valence-electron chi connectivity index (χ4n) is 3.60. The van der Waals surface area contributed by atoms with Crippen LogP contribution >= 0.6 is 19.3 Å². The fourth-order valence-corrected chi connectivity index (χ4v) is 5.49. The van der Waals surface area contributed by atoms with Gasteiger partial charge in [-0.15, -0.1) is 5.92 Å². The van der Waals surface area contributed by atoms with Crippen molar-refractivity contribution < 1.29 is 33.0 Å². The fraction of sp³-hybridized carbons (Fsp3) is 0.458. The summed E-state index contributed by atoms with van der Waals surface area (Å²) in [5.41, 5.74) is -1.47. The van der Waals surface area contributed by atoms with Gasteiger partial charge in [0.1, 0.15) is 24.0 Å². The molecule has 2 unspecified atom stereocenters. The van der Waals surface area contributed by atoms with E-state index in [2.05, 4.69) is 21.9 Å². The molecule has 1 fully saturated rings. The average molecular weight is 570 g/mol. The number of H-pyrrole nitrogens is 1. The molecule has 12 nitrogen and oxygen atoms in total. The maximum absolute atomic E-state index is 13.7. The molecule has 206 valence electrons. The number of alkyl halides is 1. The van der Waals surface area contributed by atoms with Gasteiger partial charge in [0, 0.05) is 12.3 Å². The van der Waals surface area contributed by atoms with Gasteiger partial charge in [0.15, 0.2) is 11.1 Å². The number of hydrogen-bond acceptors (Lipinski definition) is 9. The number of hydrogen-bond donors (Lipinski definition) is 3. The first-order valence-corrected chi connectivity index (χ1v) is 13.6. The summed E-state index contributed by atoms with van der Waals surface area (Å²) >= 11 is 6.65. The van der Waals surface area contributed by atoms with E-state index in [-0.39, 0.29) is 5.75 Å². The van der Waals surface area contributed by atoms with Crippen LogP contribution in [-0.2, 0) is 23.4 Å². The molecule has 0 aliphatic carbocycles. The maximum atomic E-state index is 13.7. The first-order valence-electron chi connectivity index (χ1n) is 11.6. The van der Waals surface area contributed by atoms with E-state index in [1.165, 1.54) is 26.0 Å². The lowest BCUT2D eigenvalue weighted by molar-refractivity contribution is -0.149. The number of halogens is 1. The number of esters is 1. The number of carbonyl (C=O) groups is 1. The van der Waals surface area contributed by atoms with Gasteiger partial charge >= 0.3 is 19.4 Å². The molecule has 0 saturated carbocycles. The molecule has 6 atom stereocenters.